The highest BCUT2D eigenvalue weighted by atomic mass is 32.2. The summed E-state index contributed by atoms with van der Waals surface area (Å²) in [5.74, 6) is -1.18. The molecule has 32 heavy (non-hydrogen) atoms. The SMILES string of the molecule is CC.CC.CC(C)c1nc(-c2ccc(NC(=O)c3ccc(S(C)(=O)=O)cc3F)cc2)cs1.[HH]. The molecule has 3 rings (SSSR count). The maximum absolute atomic E-state index is 14.2. The van der Waals surface area contributed by atoms with Gasteiger partial charge in [0.05, 0.1) is 21.2 Å². The van der Waals surface area contributed by atoms with E-state index in [1.165, 1.54) is 6.07 Å². The molecule has 0 saturated heterocycles. The fraction of sp³-hybridized carbons (Fsp3) is 0.333. The minimum absolute atomic E-state index is 0. The summed E-state index contributed by atoms with van der Waals surface area (Å²) in [6, 6.07) is 10.3. The first-order valence-corrected chi connectivity index (χ1v) is 13.3. The van der Waals surface area contributed by atoms with Crippen molar-refractivity contribution in [2.75, 3.05) is 11.6 Å². The van der Waals surface area contributed by atoms with Crippen molar-refractivity contribution in [2.45, 2.75) is 52.4 Å². The smallest absolute Gasteiger partial charge is 0.258 e. The van der Waals surface area contributed by atoms with Gasteiger partial charge in [0, 0.05) is 30.2 Å². The van der Waals surface area contributed by atoms with Crippen LogP contribution in [0.4, 0.5) is 10.1 Å². The van der Waals surface area contributed by atoms with Gasteiger partial charge in [-0.25, -0.2) is 17.8 Å². The topological polar surface area (TPSA) is 76.1 Å². The van der Waals surface area contributed by atoms with Gasteiger partial charge in [0.2, 0.25) is 0 Å². The van der Waals surface area contributed by atoms with Crippen LogP contribution in [-0.4, -0.2) is 25.6 Å². The van der Waals surface area contributed by atoms with Crippen molar-refractivity contribution in [1.82, 2.24) is 4.98 Å². The van der Waals surface area contributed by atoms with Gasteiger partial charge < -0.3 is 5.32 Å². The van der Waals surface area contributed by atoms with Gasteiger partial charge in [-0.3, -0.25) is 4.79 Å². The Morgan fingerprint density at radius 2 is 1.66 bits per heavy atom. The van der Waals surface area contributed by atoms with E-state index in [0.29, 0.717) is 11.6 Å². The second kappa shape index (κ2) is 12.5. The molecule has 0 aliphatic heterocycles. The van der Waals surface area contributed by atoms with Gasteiger partial charge in [0.1, 0.15) is 5.82 Å². The van der Waals surface area contributed by atoms with Crippen molar-refractivity contribution in [2.24, 2.45) is 0 Å². The van der Waals surface area contributed by atoms with Crippen LogP contribution in [0, 0.1) is 5.82 Å². The van der Waals surface area contributed by atoms with E-state index in [9.17, 15) is 17.6 Å². The summed E-state index contributed by atoms with van der Waals surface area (Å²) < 4.78 is 37.1. The van der Waals surface area contributed by atoms with Crippen molar-refractivity contribution >= 4 is 32.8 Å². The lowest BCUT2D eigenvalue weighted by molar-refractivity contribution is 0.102. The monoisotopic (exact) mass is 480 g/mol. The van der Waals surface area contributed by atoms with Crippen LogP contribution in [0.25, 0.3) is 11.3 Å². The maximum atomic E-state index is 14.2. The summed E-state index contributed by atoms with van der Waals surface area (Å²) in [6.45, 7) is 12.2. The Morgan fingerprint density at radius 1 is 1.06 bits per heavy atom. The van der Waals surface area contributed by atoms with E-state index in [1.54, 1.807) is 23.5 Å². The van der Waals surface area contributed by atoms with Gasteiger partial charge in [0.15, 0.2) is 9.84 Å². The van der Waals surface area contributed by atoms with Gasteiger partial charge in [-0.2, -0.15) is 0 Å². The molecular formula is C24H33FN2O3S2. The molecule has 5 nitrogen and oxygen atoms in total. The molecule has 3 aromatic rings. The van der Waals surface area contributed by atoms with Crippen LogP contribution in [0.5, 0.6) is 0 Å². The largest absolute Gasteiger partial charge is 0.322 e. The van der Waals surface area contributed by atoms with Gasteiger partial charge in [-0.15, -0.1) is 11.3 Å². The van der Waals surface area contributed by atoms with Crippen LogP contribution >= 0.6 is 11.3 Å². The standard InChI is InChI=1S/C20H19FN2O3S2.2C2H6.H2/c1-12(2)20-23-18(11-27-20)13-4-6-14(7-5-13)22-19(24)16-9-8-15(10-17(16)21)28(3,25)26;2*1-2;/h4-12H,1-3H3,(H,22,24);2*1-2H3;1H. The first kappa shape index (κ1) is 27.5. The fourth-order valence-corrected chi connectivity index (χ4v) is 4.00. The van der Waals surface area contributed by atoms with Gasteiger partial charge >= 0.3 is 0 Å². The minimum atomic E-state index is -3.54. The molecule has 0 unspecified atom stereocenters. The third-order valence-corrected chi connectivity index (χ3v) is 6.32. The predicted molar refractivity (Wildman–Crippen MR) is 134 cm³/mol. The number of amides is 1. The quantitative estimate of drug-likeness (QED) is 0.425. The number of nitrogens with zero attached hydrogens (tertiary/aromatic N) is 1. The van der Waals surface area contributed by atoms with E-state index in [1.807, 2.05) is 45.2 Å². The first-order chi connectivity index (χ1) is 15.1. The van der Waals surface area contributed by atoms with E-state index in [4.69, 9.17) is 0 Å². The van der Waals surface area contributed by atoms with E-state index in [2.05, 4.69) is 24.1 Å². The second-order valence-electron chi connectivity index (χ2n) is 6.67. The van der Waals surface area contributed by atoms with E-state index in [0.717, 1.165) is 34.7 Å². The lowest BCUT2D eigenvalue weighted by Gasteiger charge is -2.08. The Labute approximate surface area is 196 Å². The summed E-state index contributed by atoms with van der Waals surface area (Å²) >= 11 is 1.60. The molecule has 0 saturated carbocycles. The zero-order valence-corrected chi connectivity index (χ0v) is 21.2. The molecular weight excluding hydrogens is 447 g/mol. The molecule has 176 valence electrons. The van der Waals surface area contributed by atoms with Crippen LogP contribution in [0.3, 0.4) is 0 Å². The highest BCUT2D eigenvalue weighted by molar-refractivity contribution is 7.90. The Balaban J connectivity index is 0.00000194. The van der Waals surface area contributed by atoms with Crippen molar-refractivity contribution in [1.29, 1.82) is 0 Å². The van der Waals surface area contributed by atoms with Crippen molar-refractivity contribution in [3.63, 3.8) is 0 Å². The van der Waals surface area contributed by atoms with Gasteiger partial charge in [0.25, 0.3) is 5.91 Å². The van der Waals surface area contributed by atoms with Crippen molar-refractivity contribution < 1.29 is 19.0 Å². The molecule has 0 aliphatic carbocycles. The zero-order valence-electron chi connectivity index (χ0n) is 19.6. The number of benzene rings is 2. The normalized spacial score (nSPS) is 10.5. The van der Waals surface area contributed by atoms with E-state index < -0.39 is 21.6 Å². The highest BCUT2D eigenvalue weighted by Gasteiger charge is 2.16. The molecule has 1 aromatic heterocycles. The minimum Gasteiger partial charge on any atom is -0.322 e. The Hall–Kier alpha value is -2.58. The third kappa shape index (κ3) is 7.24. The predicted octanol–water partition coefficient (Wildman–Crippen LogP) is 7.03. The van der Waals surface area contributed by atoms with Crippen LogP contribution in [-0.2, 0) is 9.84 Å². The van der Waals surface area contributed by atoms with Crippen molar-refractivity contribution in [3.05, 3.63) is 64.2 Å². The second-order valence-corrected chi connectivity index (χ2v) is 9.58. The number of carbonyl (C=O) groups is 1. The number of thiazole rings is 1. The number of carbonyl (C=O) groups excluding carboxylic acids is 1. The summed E-state index contributed by atoms with van der Waals surface area (Å²) in [5, 5.41) is 5.66. The number of nitrogens with one attached hydrogen (secondary N) is 1. The number of anilines is 1. The number of hydrogen-bond acceptors (Lipinski definition) is 5. The zero-order chi connectivity index (χ0) is 24.5. The summed E-state index contributed by atoms with van der Waals surface area (Å²) in [4.78, 5) is 16.7. The molecule has 0 bridgehead atoms. The molecule has 1 heterocycles. The summed E-state index contributed by atoms with van der Waals surface area (Å²) in [5.41, 5.74) is 2.07. The number of rotatable bonds is 5. The summed E-state index contributed by atoms with van der Waals surface area (Å²) in [7, 11) is -3.54. The maximum Gasteiger partial charge on any atom is 0.258 e. The Bertz CT molecular complexity index is 1130. The first-order valence-electron chi connectivity index (χ1n) is 10.5. The number of halogens is 1. The lowest BCUT2D eigenvalue weighted by atomic mass is 10.1. The average molecular weight is 481 g/mol. The Morgan fingerprint density at radius 3 is 2.12 bits per heavy atom. The van der Waals surface area contributed by atoms with E-state index >= 15 is 0 Å². The highest BCUT2D eigenvalue weighted by Crippen LogP contribution is 2.27. The van der Waals surface area contributed by atoms with Crippen LogP contribution in [0.1, 0.15) is 64.3 Å². The number of hydrogen-bond donors (Lipinski definition) is 1. The fourth-order valence-electron chi connectivity index (χ4n) is 2.52. The van der Waals surface area contributed by atoms with Crippen LogP contribution in [0.2, 0.25) is 0 Å². The molecule has 1 N–H and O–H groups in total. The molecule has 0 radical (unpaired) electrons. The summed E-state index contributed by atoms with van der Waals surface area (Å²) in [6.07, 6.45) is 0.982. The van der Waals surface area contributed by atoms with Crippen molar-refractivity contribution in [3.8, 4) is 11.3 Å². The lowest BCUT2D eigenvalue weighted by Crippen LogP contribution is -2.14. The third-order valence-electron chi connectivity index (χ3n) is 4.07. The molecule has 2 aromatic carbocycles. The van der Waals surface area contributed by atoms with Gasteiger partial charge in [-0.05, 0) is 30.3 Å². The molecule has 0 spiro atoms. The number of sulfone groups is 1. The molecule has 1 amide bonds. The average Bonchev–Trinajstić information content (AvgIpc) is 3.27. The van der Waals surface area contributed by atoms with Crippen LogP contribution < -0.4 is 5.32 Å². The molecule has 0 fully saturated rings. The van der Waals surface area contributed by atoms with E-state index in [-0.39, 0.29) is 11.9 Å². The molecule has 0 atom stereocenters. The number of aromatic nitrogens is 1. The van der Waals surface area contributed by atoms with Gasteiger partial charge in [-0.1, -0.05) is 53.7 Å². The van der Waals surface area contributed by atoms with Crippen LogP contribution in [0.15, 0.2) is 52.7 Å². The molecule has 0 aliphatic rings. The molecule has 8 heteroatoms. The Kier molecular flexibility index (Phi) is 10.7.